The second kappa shape index (κ2) is 15.1. The molecule has 0 aliphatic rings. The predicted molar refractivity (Wildman–Crippen MR) is 127 cm³/mol. The van der Waals surface area contributed by atoms with Crippen molar-refractivity contribution < 1.29 is 19.3 Å². The van der Waals surface area contributed by atoms with Crippen molar-refractivity contribution in [3.63, 3.8) is 0 Å². The largest absolute Gasteiger partial charge is 0.370 e. The van der Waals surface area contributed by atoms with E-state index in [0.717, 1.165) is 6.42 Å². The number of aliphatic imine (C=N–C) groups is 1. The summed E-state index contributed by atoms with van der Waals surface area (Å²) in [6.07, 6.45) is 2.46. The van der Waals surface area contributed by atoms with Crippen LogP contribution in [0.15, 0.2) is 29.3 Å². The Morgan fingerprint density at radius 3 is 2.29 bits per heavy atom. The van der Waals surface area contributed by atoms with Gasteiger partial charge in [-0.25, -0.2) is 0 Å². The number of carbonyl (C=O) groups excluding carboxylic acids is 3. The molecular weight excluding hydrogens is 446 g/mol. The first-order valence-corrected chi connectivity index (χ1v) is 10.8. The number of nitro benzene ring substituents is 1. The van der Waals surface area contributed by atoms with Gasteiger partial charge in [-0.05, 0) is 44.4 Å². The smallest absolute Gasteiger partial charge is 0.269 e. The molecule has 0 aliphatic carbocycles. The van der Waals surface area contributed by atoms with Crippen LogP contribution in [-0.4, -0.2) is 60.3 Å². The summed E-state index contributed by atoms with van der Waals surface area (Å²) in [6.45, 7) is 0.385. The summed E-state index contributed by atoms with van der Waals surface area (Å²) in [6, 6.07) is 3.51. The van der Waals surface area contributed by atoms with Crippen LogP contribution in [0.2, 0.25) is 0 Å². The van der Waals surface area contributed by atoms with Crippen LogP contribution in [0.5, 0.6) is 0 Å². The molecule has 0 heterocycles. The molecule has 0 saturated heterocycles. The molecule has 0 saturated carbocycles. The number of nitrogens with zero attached hydrogens (tertiary/aromatic N) is 2. The molecule has 34 heavy (non-hydrogen) atoms. The van der Waals surface area contributed by atoms with Crippen molar-refractivity contribution in [3.8, 4) is 0 Å². The van der Waals surface area contributed by atoms with Gasteiger partial charge in [0.2, 0.25) is 17.7 Å². The molecule has 0 aromatic heterocycles. The summed E-state index contributed by atoms with van der Waals surface area (Å²) in [5.41, 5.74) is 22.0. The van der Waals surface area contributed by atoms with Crippen LogP contribution in [0.3, 0.4) is 0 Å². The number of non-ortho nitro benzene ring substituents is 1. The number of nitro groups is 1. The summed E-state index contributed by atoms with van der Waals surface area (Å²) in [4.78, 5) is 51.2. The lowest BCUT2D eigenvalue weighted by molar-refractivity contribution is -0.384. The molecule has 1 aromatic rings. The summed E-state index contributed by atoms with van der Waals surface area (Å²) in [5, 5.41) is 18.4. The average Bonchev–Trinajstić information content (AvgIpc) is 2.79. The first-order chi connectivity index (χ1) is 16.1. The van der Waals surface area contributed by atoms with E-state index in [1.165, 1.54) is 24.3 Å². The second-order valence-corrected chi connectivity index (χ2v) is 7.47. The average molecular weight is 480 g/mol. The van der Waals surface area contributed by atoms with Crippen LogP contribution < -0.4 is 38.9 Å². The fraction of sp³-hybridized carbons (Fsp3) is 0.500. The number of nitrogens with one attached hydrogen (secondary N) is 3. The third-order valence-corrected chi connectivity index (χ3v) is 4.67. The van der Waals surface area contributed by atoms with Crippen molar-refractivity contribution >= 4 is 35.1 Å². The van der Waals surface area contributed by atoms with Crippen LogP contribution in [0.4, 0.5) is 11.4 Å². The lowest BCUT2D eigenvalue weighted by Crippen LogP contribution is -2.49. The van der Waals surface area contributed by atoms with Crippen LogP contribution in [0.1, 0.15) is 32.1 Å². The first kappa shape index (κ1) is 28.3. The highest BCUT2D eigenvalue weighted by atomic mass is 16.6. The molecule has 1 aromatic carbocycles. The molecule has 0 bridgehead atoms. The molecule has 11 N–H and O–H groups in total. The van der Waals surface area contributed by atoms with Gasteiger partial charge in [-0.3, -0.25) is 29.5 Å². The quantitative estimate of drug-likeness (QED) is 0.0515. The van der Waals surface area contributed by atoms with E-state index < -0.39 is 34.7 Å². The van der Waals surface area contributed by atoms with Crippen molar-refractivity contribution in [2.24, 2.45) is 27.9 Å². The topological polar surface area (TPSA) is 247 Å². The number of hydrogen-bond donors (Lipinski definition) is 7. The monoisotopic (exact) mass is 479 g/mol. The summed E-state index contributed by atoms with van der Waals surface area (Å²) >= 11 is 0. The maximum atomic E-state index is 12.7. The predicted octanol–water partition coefficient (Wildman–Crippen LogP) is -1.36. The SMILES string of the molecule is NCCCC[C@@H](N)C(=O)NCC(=O)N[C@@H](CCCN=C(N)N)C(=O)Nc1ccc([N+](=O)[O-])cc1. The third kappa shape index (κ3) is 11.2. The van der Waals surface area contributed by atoms with E-state index in [2.05, 4.69) is 20.9 Å². The minimum absolute atomic E-state index is 0.0959. The van der Waals surface area contributed by atoms with E-state index >= 15 is 0 Å². The van der Waals surface area contributed by atoms with Gasteiger partial charge in [0.25, 0.3) is 5.69 Å². The van der Waals surface area contributed by atoms with Crippen molar-refractivity contribution in [2.75, 3.05) is 25.0 Å². The van der Waals surface area contributed by atoms with Gasteiger partial charge < -0.3 is 38.9 Å². The number of benzene rings is 1. The molecule has 1 rings (SSSR count). The Labute approximate surface area is 197 Å². The maximum Gasteiger partial charge on any atom is 0.269 e. The molecule has 0 spiro atoms. The summed E-state index contributed by atoms with van der Waals surface area (Å²) in [7, 11) is 0. The zero-order chi connectivity index (χ0) is 25.5. The molecule has 2 atom stereocenters. The van der Waals surface area contributed by atoms with Gasteiger partial charge in [0.15, 0.2) is 5.96 Å². The van der Waals surface area contributed by atoms with E-state index in [0.29, 0.717) is 31.5 Å². The van der Waals surface area contributed by atoms with Crippen LogP contribution in [0, 0.1) is 10.1 Å². The van der Waals surface area contributed by atoms with Crippen molar-refractivity contribution in [2.45, 2.75) is 44.2 Å². The number of anilines is 1. The van der Waals surface area contributed by atoms with Gasteiger partial charge in [0.05, 0.1) is 17.5 Å². The molecular formula is C20H33N9O5. The Bertz CT molecular complexity index is 856. The number of hydrogen-bond acceptors (Lipinski definition) is 8. The van der Waals surface area contributed by atoms with E-state index in [4.69, 9.17) is 22.9 Å². The molecule has 0 fully saturated rings. The number of nitrogens with two attached hydrogens (primary N) is 4. The van der Waals surface area contributed by atoms with Crippen molar-refractivity contribution in [1.29, 1.82) is 0 Å². The van der Waals surface area contributed by atoms with Crippen molar-refractivity contribution in [3.05, 3.63) is 34.4 Å². The summed E-state index contributed by atoms with van der Waals surface area (Å²) in [5.74, 6) is -1.71. The fourth-order valence-electron chi connectivity index (χ4n) is 2.85. The van der Waals surface area contributed by atoms with E-state index in [-0.39, 0.29) is 31.2 Å². The molecule has 188 valence electrons. The number of unbranched alkanes of at least 4 members (excludes halogenated alkanes) is 1. The lowest BCUT2D eigenvalue weighted by atomic mass is 10.1. The maximum absolute atomic E-state index is 12.7. The number of carbonyl (C=O) groups is 3. The second-order valence-electron chi connectivity index (χ2n) is 7.47. The highest BCUT2D eigenvalue weighted by molar-refractivity contribution is 5.98. The Hall–Kier alpha value is -3.78. The van der Waals surface area contributed by atoms with E-state index in [1.807, 2.05) is 0 Å². The zero-order valence-corrected chi connectivity index (χ0v) is 18.9. The van der Waals surface area contributed by atoms with Crippen LogP contribution in [-0.2, 0) is 14.4 Å². The van der Waals surface area contributed by atoms with Crippen molar-refractivity contribution in [1.82, 2.24) is 10.6 Å². The molecule has 14 nitrogen and oxygen atoms in total. The fourth-order valence-corrected chi connectivity index (χ4v) is 2.85. The Kier molecular flexibility index (Phi) is 12.6. The minimum atomic E-state index is -0.966. The number of guanidine groups is 1. The number of amides is 3. The normalized spacial score (nSPS) is 12.2. The third-order valence-electron chi connectivity index (χ3n) is 4.67. The molecule has 0 radical (unpaired) electrons. The number of rotatable bonds is 15. The van der Waals surface area contributed by atoms with Gasteiger partial charge >= 0.3 is 0 Å². The van der Waals surface area contributed by atoms with E-state index in [9.17, 15) is 24.5 Å². The van der Waals surface area contributed by atoms with Gasteiger partial charge in [-0.15, -0.1) is 0 Å². The standard InChI is InChI=1S/C20H33N9O5/c21-10-2-1-4-15(22)18(31)26-12-17(30)28-16(5-3-11-25-20(23)24)19(32)27-13-6-8-14(9-7-13)29(33)34/h6-9,15-16H,1-5,10-12,21-22H2,(H,26,31)(H,27,32)(H,28,30)(H4,23,24,25)/t15-,16+/m1/s1. The molecule has 3 amide bonds. The van der Waals surface area contributed by atoms with Crippen LogP contribution >= 0.6 is 0 Å². The Morgan fingerprint density at radius 1 is 1.03 bits per heavy atom. The molecule has 0 aliphatic heterocycles. The Morgan fingerprint density at radius 2 is 1.71 bits per heavy atom. The van der Waals surface area contributed by atoms with Gasteiger partial charge in [0, 0.05) is 24.4 Å². The minimum Gasteiger partial charge on any atom is -0.370 e. The molecule has 14 heteroatoms. The summed E-state index contributed by atoms with van der Waals surface area (Å²) < 4.78 is 0. The Balaban J connectivity index is 2.69. The molecule has 0 unspecified atom stereocenters. The van der Waals surface area contributed by atoms with Crippen LogP contribution in [0.25, 0.3) is 0 Å². The highest BCUT2D eigenvalue weighted by Crippen LogP contribution is 2.16. The lowest BCUT2D eigenvalue weighted by Gasteiger charge is -2.19. The zero-order valence-electron chi connectivity index (χ0n) is 18.9. The van der Waals surface area contributed by atoms with Gasteiger partial charge in [-0.2, -0.15) is 0 Å². The first-order valence-electron chi connectivity index (χ1n) is 10.8. The van der Waals surface area contributed by atoms with Gasteiger partial charge in [-0.1, -0.05) is 6.42 Å². The highest BCUT2D eigenvalue weighted by Gasteiger charge is 2.22. The van der Waals surface area contributed by atoms with Gasteiger partial charge in [0.1, 0.15) is 6.04 Å². The van der Waals surface area contributed by atoms with E-state index in [1.54, 1.807) is 0 Å².